The summed E-state index contributed by atoms with van der Waals surface area (Å²) in [6, 6.07) is 8.15. The Morgan fingerprint density at radius 2 is 2.10 bits per heavy atom. The SMILES string of the molecule is Cc1ccc(CN(CCO)C(=O)CC2CCCCO2)cc1. The lowest BCUT2D eigenvalue weighted by Crippen LogP contribution is -2.36. The fraction of sp³-hybridized carbons (Fsp3) is 0.588. The molecule has 1 unspecified atom stereocenters. The van der Waals surface area contributed by atoms with Gasteiger partial charge < -0.3 is 14.7 Å². The molecule has 1 fully saturated rings. The molecule has 116 valence electrons. The van der Waals surface area contributed by atoms with E-state index in [-0.39, 0.29) is 18.6 Å². The molecular formula is C17H25NO3. The van der Waals surface area contributed by atoms with Crippen molar-refractivity contribution in [1.82, 2.24) is 4.90 Å². The molecule has 2 rings (SSSR count). The van der Waals surface area contributed by atoms with Crippen LogP contribution < -0.4 is 0 Å². The predicted molar refractivity (Wildman–Crippen MR) is 81.9 cm³/mol. The standard InChI is InChI=1S/C17H25NO3/c1-14-5-7-15(8-6-14)13-18(9-10-19)17(20)12-16-4-2-3-11-21-16/h5-8,16,19H,2-4,9-13H2,1H3. The van der Waals surface area contributed by atoms with Crippen LogP contribution in [0, 0.1) is 6.92 Å². The Morgan fingerprint density at radius 3 is 2.71 bits per heavy atom. The molecule has 4 nitrogen and oxygen atoms in total. The van der Waals surface area contributed by atoms with Crippen LogP contribution in [0.1, 0.15) is 36.8 Å². The summed E-state index contributed by atoms with van der Waals surface area (Å²) in [6.45, 7) is 3.71. The van der Waals surface area contributed by atoms with Crippen LogP contribution in [0.4, 0.5) is 0 Å². The van der Waals surface area contributed by atoms with Gasteiger partial charge in [0.2, 0.25) is 5.91 Å². The first-order chi connectivity index (χ1) is 10.2. The van der Waals surface area contributed by atoms with Crippen molar-refractivity contribution < 1.29 is 14.6 Å². The molecule has 0 aliphatic carbocycles. The normalized spacial score (nSPS) is 18.5. The minimum absolute atomic E-state index is 0.0108. The lowest BCUT2D eigenvalue weighted by molar-refractivity contribution is -0.136. The summed E-state index contributed by atoms with van der Waals surface area (Å²) in [4.78, 5) is 14.1. The summed E-state index contributed by atoms with van der Waals surface area (Å²) < 4.78 is 5.63. The number of carbonyl (C=O) groups is 1. The van der Waals surface area contributed by atoms with E-state index in [0.29, 0.717) is 19.5 Å². The Hall–Kier alpha value is -1.39. The molecule has 0 aromatic heterocycles. The van der Waals surface area contributed by atoms with Crippen LogP contribution in [-0.4, -0.2) is 41.8 Å². The van der Waals surface area contributed by atoms with E-state index in [2.05, 4.69) is 0 Å². The highest BCUT2D eigenvalue weighted by Crippen LogP contribution is 2.17. The van der Waals surface area contributed by atoms with Gasteiger partial charge in [-0.05, 0) is 31.7 Å². The molecule has 0 saturated carbocycles. The van der Waals surface area contributed by atoms with Gasteiger partial charge in [-0.15, -0.1) is 0 Å². The first-order valence-electron chi connectivity index (χ1n) is 7.75. The maximum absolute atomic E-state index is 12.4. The van der Waals surface area contributed by atoms with Gasteiger partial charge in [0.1, 0.15) is 0 Å². The molecule has 1 aromatic carbocycles. The summed E-state index contributed by atoms with van der Waals surface area (Å²) in [5.74, 6) is 0.0662. The molecule has 21 heavy (non-hydrogen) atoms. The van der Waals surface area contributed by atoms with E-state index in [1.165, 1.54) is 5.56 Å². The van der Waals surface area contributed by atoms with E-state index >= 15 is 0 Å². The number of ether oxygens (including phenoxy) is 1. The van der Waals surface area contributed by atoms with Crippen molar-refractivity contribution in [2.45, 2.75) is 45.3 Å². The summed E-state index contributed by atoms with van der Waals surface area (Å²) in [5, 5.41) is 9.19. The van der Waals surface area contributed by atoms with Crippen LogP contribution in [0.2, 0.25) is 0 Å². The number of benzene rings is 1. The molecular weight excluding hydrogens is 266 g/mol. The lowest BCUT2D eigenvalue weighted by atomic mass is 10.1. The summed E-state index contributed by atoms with van der Waals surface area (Å²) in [5.41, 5.74) is 2.29. The monoisotopic (exact) mass is 291 g/mol. The topological polar surface area (TPSA) is 49.8 Å². The van der Waals surface area contributed by atoms with Gasteiger partial charge in [-0.3, -0.25) is 4.79 Å². The van der Waals surface area contributed by atoms with Crippen molar-refractivity contribution in [2.75, 3.05) is 19.8 Å². The quantitative estimate of drug-likeness (QED) is 0.875. The molecule has 1 N–H and O–H groups in total. The Labute approximate surface area is 126 Å². The second-order valence-electron chi connectivity index (χ2n) is 5.72. The Kier molecular flexibility index (Phi) is 6.21. The molecule has 0 bridgehead atoms. The number of hydrogen-bond acceptors (Lipinski definition) is 3. The Morgan fingerprint density at radius 1 is 1.33 bits per heavy atom. The minimum atomic E-state index is -0.0108. The van der Waals surface area contributed by atoms with Crippen molar-refractivity contribution in [3.05, 3.63) is 35.4 Å². The predicted octanol–water partition coefficient (Wildman–Crippen LogP) is 2.28. The first kappa shape index (κ1) is 16.0. The highest BCUT2D eigenvalue weighted by atomic mass is 16.5. The second kappa shape index (κ2) is 8.15. The van der Waals surface area contributed by atoms with E-state index in [4.69, 9.17) is 4.74 Å². The lowest BCUT2D eigenvalue weighted by Gasteiger charge is -2.27. The zero-order valence-electron chi connectivity index (χ0n) is 12.8. The summed E-state index contributed by atoms with van der Waals surface area (Å²) >= 11 is 0. The van der Waals surface area contributed by atoms with Crippen molar-refractivity contribution in [1.29, 1.82) is 0 Å². The summed E-state index contributed by atoms with van der Waals surface area (Å²) in [6.07, 6.45) is 3.66. The Bertz CT molecular complexity index is 438. The maximum atomic E-state index is 12.4. The third-order valence-electron chi connectivity index (χ3n) is 3.89. The molecule has 1 saturated heterocycles. The van der Waals surface area contributed by atoms with Crippen molar-refractivity contribution >= 4 is 5.91 Å². The largest absolute Gasteiger partial charge is 0.395 e. The van der Waals surface area contributed by atoms with Crippen LogP contribution in [0.15, 0.2) is 24.3 Å². The Balaban J connectivity index is 1.93. The van der Waals surface area contributed by atoms with Crippen molar-refractivity contribution in [3.63, 3.8) is 0 Å². The number of hydrogen-bond donors (Lipinski definition) is 1. The van der Waals surface area contributed by atoms with E-state index < -0.39 is 0 Å². The zero-order valence-corrected chi connectivity index (χ0v) is 12.8. The number of nitrogens with zero attached hydrogens (tertiary/aromatic N) is 1. The van der Waals surface area contributed by atoms with E-state index in [9.17, 15) is 9.90 Å². The molecule has 0 radical (unpaired) electrons. The molecule has 1 heterocycles. The van der Waals surface area contributed by atoms with Gasteiger partial charge in [0, 0.05) is 19.7 Å². The van der Waals surface area contributed by atoms with Gasteiger partial charge in [0.15, 0.2) is 0 Å². The molecule has 1 aromatic rings. The number of aliphatic hydroxyl groups is 1. The van der Waals surface area contributed by atoms with Crippen LogP contribution in [-0.2, 0) is 16.1 Å². The zero-order chi connectivity index (χ0) is 15.1. The highest BCUT2D eigenvalue weighted by Gasteiger charge is 2.21. The number of rotatable bonds is 6. The molecule has 1 amide bonds. The molecule has 1 aliphatic rings. The van der Waals surface area contributed by atoms with Crippen LogP contribution in [0.5, 0.6) is 0 Å². The second-order valence-corrected chi connectivity index (χ2v) is 5.72. The third-order valence-corrected chi connectivity index (χ3v) is 3.89. The average molecular weight is 291 g/mol. The minimum Gasteiger partial charge on any atom is -0.395 e. The van der Waals surface area contributed by atoms with Crippen molar-refractivity contribution in [2.24, 2.45) is 0 Å². The van der Waals surface area contributed by atoms with Gasteiger partial charge >= 0.3 is 0 Å². The fourth-order valence-corrected chi connectivity index (χ4v) is 2.62. The van der Waals surface area contributed by atoms with E-state index in [1.54, 1.807) is 4.90 Å². The van der Waals surface area contributed by atoms with E-state index in [1.807, 2.05) is 31.2 Å². The average Bonchev–Trinajstić information content (AvgIpc) is 2.50. The first-order valence-corrected chi connectivity index (χ1v) is 7.75. The van der Waals surface area contributed by atoms with Gasteiger partial charge in [0.05, 0.1) is 19.1 Å². The molecule has 4 heteroatoms. The van der Waals surface area contributed by atoms with Gasteiger partial charge in [-0.1, -0.05) is 29.8 Å². The van der Waals surface area contributed by atoms with E-state index in [0.717, 1.165) is 31.4 Å². The summed E-state index contributed by atoms with van der Waals surface area (Å²) in [7, 11) is 0. The molecule has 1 aliphatic heterocycles. The number of aryl methyl sites for hydroxylation is 1. The fourth-order valence-electron chi connectivity index (χ4n) is 2.62. The van der Waals surface area contributed by atoms with Gasteiger partial charge in [0.25, 0.3) is 0 Å². The van der Waals surface area contributed by atoms with Gasteiger partial charge in [-0.25, -0.2) is 0 Å². The van der Waals surface area contributed by atoms with Crippen molar-refractivity contribution in [3.8, 4) is 0 Å². The maximum Gasteiger partial charge on any atom is 0.225 e. The molecule has 1 atom stereocenters. The number of carbonyl (C=O) groups excluding carboxylic acids is 1. The number of aliphatic hydroxyl groups excluding tert-OH is 1. The van der Waals surface area contributed by atoms with Crippen LogP contribution >= 0.6 is 0 Å². The third kappa shape index (κ3) is 5.14. The smallest absolute Gasteiger partial charge is 0.225 e. The van der Waals surface area contributed by atoms with Crippen LogP contribution in [0.3, 0.4) is 0 Å². The molecule has 0 spiro atoms. The highest BCUT2D eigenvalue weighted by molar-refractivity contribution is 5.76. The number of amides is 1. The van der Waals surface area contributed by atoms with Gasteiger partial charge in [-0.2, -0.15) is 0 Å². The van der Waals surface area contributed by atoms with Crippen LogP contribution in [0.25, 0.3) is 0 Å².